The maximum Gasteiger partial charge on any atom is 0.0815 e. The van der Waals surface area contributed by atoms with Crippen molar-refractivity contribution in [3.63, 3.8) is 0 Å². The highest BCUT2D eigenvalue weighted by Crippen LogP contribution is 2.27. The van der Waals surface area contributed by atoms with Crippen LogP contribution < -0.4 is 5.32 Å². The molecule has 3 aliphatic heterocycles. The average Bonchev–Trinajstić information content (AvgIpc) is 2.85. The summed E-state index contributed by atoms with van der Waals surface area (Å²) in [6.45, 7) is 4.70. The number of nitrogens with one attached hydrogen (secondary N) is 1. The molecule has 0 aromatic carbocycles. The molecule has 3 rings (SSSR count). The summed E-state index contributed by atoms with van der Waals surface area (Å²) in [6, 6.07) is 1.41. The van der Waals surface area contributed by atoms with Crippen LogP contribution in [-0.2, 0) is 4.74 Å². The number of fused-ring (bicyclic) bond motifs is 1. The molecule has 0 aromatic heterocycles. The van der Waals surface area contributed by atoms with Crippen LogP contribution >= 0.6 is 0 Å². The van der Waals surface area contributed by atoms with Crippen molar-refractivity contribution in [1.82, 2.24) is 10.2 Å². The van der Waals surface area contributed by atoms with E-state index in [0.717, 1.165) is 25.4 Å². The van der Waals surface area contributed by atoms with Crippen molar-refractivity contribution >= 4 is 0 Å². The molecule has 3 heterocycles. The largest absolute Gasteiger partial charge is 0.388 e. The lowest BCUT2D eigenvalue weighted by Gasteiger charge is -2.38. The van der Waals surface area contributed by atoms with Crippen molar-refractivity contribution in [2.75, 3.05) is 32.8 Å². The minimum atomic E-state index is -0.523. The molecule has 2 atom stereocenters. The first-order valence-electron chi connectivity index (χ1n) is 7.53. The Labute approximate surface area is 110 Å². The average molecular weight is 254 g/mol. The van der Waals surface area contributed by atoms with E-state index in [0.29, 0.717) is 19.3 Å². The maximum atomic E-state index is 10.4. The van der Waals surface area contributed by atoms with Gasteiger partial charge in [0.05, 0.1) is 5.60 Å². The summed E-state index contributed by atoms with van der Waals surface area (Å²) in [7, 11) is 0. The van der Waals surface area contributed by atoms with Crippen molar-refractivity contribution < 1.29 is 9.84 Å². The fourth-order valence-electron chi connectivity index (χ4n) is 3.67. The summed E-state index contributed by atoms with van der Waals surface area (Å²) >= 11 is 0. The lowest BCUT2D eigenvalue weighted by Crippen LogP contribution is -2.51. The number of hydrogen-bond acceptors (Lipinski definition) is 4. The van der Waals surface area contributed by atoms with Crippen LogP contribution in [0.4, 0.5) is 0 Å². The predicted molar refractivity (Wildman–Crippen MR) is 70.6 cm³/mol. The second-order valence-corrected chi connectivity index (χ2v) is 6.27. The van der Waals surface area contributed by atoms with E-state index in [2.05, 4.69) is 10.2 Å². The minimum absolute atomic E-state index is 0.523. The molecule has 18 heavy (non-hydrogen) atoms. The highest BCUT2D eigenvalue weighted by atomic mass is 16.5. The summed E-state index contributed by atoms with van der Waals surface area (Å²) in [5.41, 5.74) is -0.523. The van der Waals surface area contributed by atoms with Crippen LogP contribution in [0.15, 0.2) is 0 Å². The molecule has 0 aliphatic carbocycles. The SMILES string of the molecule is OC1(CNC2CCN3CCCC3C2)CCOCC1. The van der Waals surface area contributed by atoms with E-state index in [-0.39, 0.29) is 0 Å². The van der Waals surface area contributed by atoms with Gasteiger partial charge in [-0.15, -0.1) is 0 Å². The third-order valence-corrected chi connectivity index (χ3v) is 4.96. The highest BCUT2D eigenvalue weighted by molar-refractivity contribution is 4.91. The van der Waals surface area contributed by atoms with E-state index in [1.54, 1.807) is 0 Å². The van der Waals surface area contributed by atoms with E-state index in [9.17, 15) is 5.11 Å². The number of ether oxygens (including phenoxy) is 1. The summed E-state index contributed by atoms with van der Waals surface area (Å²) in [5.74, 6) is 0. The van der Waals surface area contributed by atoms with Crippen molar-refractivity contribution in [2.45, 2.75) is 56.2 Å². The smallest absolute Gasteiger partial charge is 0.0815 e. The lowest BCUT2D eigenvalue weighted by atomic mass is 9.92. The second kappa shape index (κ2) is 5.45. The minimum Gasteiger partial charge on any atom is -0.388 e. The Kier molecular flexibility index (Phi) is 3.89. The van der Waals surface area contributed by atoms with Crippen molar-refractivity contribution in [3.8, 4) is 0 Å². The van der Waals surface area contributed by atoms with Crippen molar-refractivity contribution in [3.05, 3.63) is 0 Å². The molecule has 4 heteroatoms. The van der Waals surface area contributed by atoms with Gasteiger partial charge in [0.25, 0.3) is 0 Å². The van der Waals surface area contributed by atoms with Gasteiger partial charge >= 0.3 is 0 Å². The predicted octanol–water partition coefficient (Wildman–Crippen LogP) is 0.744. The highest BCUT2D eigenvalue weighted by Gasteiger charge is 2.34. The Balaban J connectivity index is 1.45. The van der Waals surface area contributed by atoms with Gasteiger partial charge in [-0.1, -0.05) is 0 Å². The molecule has 0 bridgehead atoms. The fourth-order valence-corrected chi connectivity index (χ4v) is 3.67. The fraction of sp³-hybridized carbons (Fsp3) is 1.00. The van der Waals surface area contributed by atoms with Gasteiger partial charge in [0, 0.05) is 44.7 Å². The summed E-state index contributed by atoms with van der Waals surface area (Å²) < 4.78 is 5.32. The first-order valence-corrected chi connectivity index (χ1v) is 7.53. The molecule has 104 valence electrons. The molecule has 0 spiro atoms. The van der Waals surface area contributed by atoms with Crippen LogP contribution in [-0.4, -0.2) is 60.5 Å². The van der Waals surface area contributed by atoms with E-state index in [4.69, 9.17) is 4.74 Å². The molecule has 4 nitrogen and oxygen atoms in total. The van der Waals surface area contributed by atoms with E-state index in [1.165, 1.54) is 38.8 Å². The molecular formula is C14H26N2O2. The Morgan fingerprint density at radius 1 is 1.22 bits per heavy atom. The quantitative estimate of drug-likeness (QED) is 0.780. The van der Waals surface area contributed by atoms with E-state index < -0.39 is 5.60 Å². The Morgan fingerprint density at radius 3 is 2.89 bits per heavy atom. The lowest BCUT2D eigenvalue weighted by molar-refractivity contribution is -0.0637. The molecule has 3 aliphatic rings. The molecule has 0 aromatic rings. The molecule has 3 fully saturated rings. The Bertz CT molecular complexity index is 279. The molecule has 3 saturated heterocycles. The summed E-state index contributed by atoms with van der Waals surface area (Å²) in [4.78, 5) is 2.64. The van der Waals surface area contributed by atoms with Gasteiger partial charge in [0.15, 0.2) is 0 Å². The van der Waals surface area contributed by atoms with Crippen LogP contribution in [0.3, 0.4) is 0 Å². The maximum absolute atomic E-state index is 10.4. The topological polar surface area (TPSA) is 44.7 Å². The van der Waals surface area contributed by atoms with Crippen LogP contribution in [0, 0.1) is 0 Å². The van der Waals surface area contributed by atoms with Gasteiger partial charge in [0.1, 0.15) is 0 Å². The Morgan fingerprint density at radius 2 is 2.06 bits per heavy atom. The molecule has 0 saturated carbocycles. The zero-order valence-electron chi connectivity index (χ0n) is 11.2. The standard InChI is InChI=1S/C14H26N2O2/c17-14(4-8-18-9-5-14)11-15-12-3-7-16-6-1-2-13(16)10-12/h12-13,15,17H,1-11H2. The third kappa shape index (κ3) is 2.87. The van der Waals surface area contributed by atoms with Crippen LogP contribution in [0.2, 0.25) is 0 Å². The normalized spacial score (nSPS) is 36.5. The number of aliphatic hydroxyl groups is 1. The zero-order chi connectivity index (χ0) is 12.4. The second-order valence-electron chi connectivity index (χ2n) is 6.27. The van der Waals surface area contributed by atoms with Gasteiger partial charge in [-0.3, -0.25) is 0 Å². The number of rotatable bonds is 3. The molecule has 2 unspecified atom stereocenters. The van der Waals surface area contributed by atoms with Gasteiger partial charge in [-0.25, -0.2) is 0 Å². The molecule has 0 radical (unpaired) electrons. The van der Waals surface area contributed by atoms with Crippen molar-refractivity contribution in [1.29, 1.82) is 0 Å². The molecule has 2 N–H and O–H groups in total. The van der Waals surface area contributed by atoms with Crippen LogP contribution in [0.1, 0.15) is 38.5 Å². The van der Waals surface area contributed by atoms with Crippen molar-refractivity contribution in [2.24, 2.45) is 0 Å². The monoisotopic (exact) mass is 254 g/mol. The van der Waals surface area contributed by atoms with Gasteiger partial charge < -0.3 is 20.1 Å². The van der Waals surface area contributed by atoms with Crippen LogP contribution in [0.5, 0.6) is 0 Å². The zero-order valence-corrected chi connectivity index (χ0v) is 11.2. The number of piperidine rings is 1. The summed E-state index contributed by atoms with van der Waals surface area (Å²) in [6.07, 6.45) is 6.81. The molecule has 0 amide bonds. The van der Waals surface area contributed by atoms with E-state index >= 15 is 0 Å². The van der Waals surface area contributed by atoms with Crippen LogP contribution in [0.25, 0.3) is 0 Å². The van der Waals surface area contributed by atoms with Gasteiger partial charge in [-0.05, 0) is 38.8 Å². The first kappa shape index (κ1) is 12.9. The van der Waals surface area contributed by atoms with E-state index in [1.807, 2.05) is 0 Å². The Hall–Kier alpha value is -0.160. The first-order chi connectivity index (χ1) is 8.75. The van der Waals surface area contributed by atoms with Gasteiger partial charge in [-0.2, -0.15) is 0 Å². The number of hydrogen-bond donors (Lipinski definition) is 2. The third-order valence-electron chi connectivity index (χ3n) is 4.96. The molecular weight excluding hydrogens is 228 g/mol. The van der Waals surface area contributed by atoms with Gasteiger partial charge in [0.2, 0.25) is 0 Å². The summed E-state index contributed by atoms with van der Waals surface area (Å²) in [5, 5.41) is 14.0. The number of nitrogens with zero attached hydrogens (tertiary/aromatic N) is 1.